The van der Waals surface area contributed by atoms with E-state index in [1.54, 1.807) is 0 Å². The number of nitrogens with one attached hydrogen (secondary N) is 1. The Balaban J connectivity index is 1.56. The van der Waals surface area contributed by atoms with Crippen LogP contribution >= 0.6 is 11.8 Å². The molecule has 1 aliphatic heterocycles. The Hall–Kier alpha value is -0.670. The van der Waals surface area contributed by atoms with Crippen LogP contribution in [0, 0.1) is 0 Å². The van der Waals surface area contributed by atoms with E-state index < -0.39 is 0 Å². The summed E-state index contributed by atoms with van der Waals surface area (Å²) in [6, 6.07) is 6.63. The minimum Gasteiger partial charge on any atom is -0.493 e. The first-order valence-corrected chi connectivity index (χ1v) is 8.74. The van der Waals surface area contributed by atoms with E-state index in [1.807, 2.05) is 11.8 Å². The lowest BCUT2D eigenvalue weighted by atomic mass is 10.1. The highest BCUT2D eigenvalue weighted by atomic mass is 32.2. The topological polar surface area (TPSA) is 21.3 Å². The molecule has 1 aliphatic rings. The quantitative estimate of drug-likeness (QED) is 0.701. The number of unbranched alkanes of at least 4 members (excludes halogenated alkanes) is 2. The molecule has 0 spiro atoms. The molecule has 0 saturated heterocycles. The van der Waals surface area contributed by atoms with Crippen LogP contribution in [0.2, 0.25) is 0 Å². The maximum absolute atomic E-state index is 5.53. The fourth-order valence-corrected chi connectivity index (χ4v) is 2.92. The Morgan fingerprint density at radius 2 is 2.16 bits per heavy atom. The molecule has 0 atom stereocenters. The number of hydrogen-bond donors (Lipinski definition) is 1. The zero-order valence-corrected chi connectivity index (χ0v) is 12.7. The molecule has 0 amide bonds. The Morgan fingerprint density at radius 1 is 1.21 bits per heavy atom. The van der Waals surface area contributed by atoms with Crippen LogP contribution in [0.15, 0.2) is 18.2 Å². The highest BCUT2D eigenvalue weighted by molar-refractivity contribution is 7.98. The maximum atomic E-state index is 5.53. The Kier molecular flexibility index (Phi) is 6.58. The molecule has 0 aromatic heterocycles. The van der Waals surface area contributed by atoms with Gasteiger partial charge in [-0.15, -0.1) is 0 Å². The first-order chi connectivity index (χ1) is 9.40. The summed E-state index contributed by atoms with van der Waals surface area (Å²) in [6.45, 7) is 3.09. The Bertz CT molecular complexity index is 381. The van der Waals surface area contributed by atoms with E-state index >= 15 is 0 Å². The molecule has 1 aromatic rings. The maximum Gasteiger partial charge on any atom is 0.122 e. The molecular weight excluding hydrogens is 254 g/mol. The van der Waals surface area contributed by atoms with Crippen LogP contribution in [-0.4, -0.2) is 31.7 Å². The van der Waals surface area contributed by atoms with Crippen LogP contribution in [0.3, 0.4) is 0 Å². The first kappa shape index (κ1) is 14.7. The number of benzene rings is 1. The summed E-state index contributed by atoms with van der Waals surface area (Å²) >= 11 is 1.95. The van der Waals surface area contributed by atoms with Crippen molar-refractivity contribution in [3.8, 4) is 5.75 Å². The van der Waals surface area contributed by atoms with Gasteiger partial charge in [0.25, 0.3) is 0 Å². The molecule has 106 valence electrons. The third-order valence-corrected chi connectivity index (χ3v) is 4.24. The molecular formula is C16H25NOS. The molecule has 1 heterocycles. The molecule has 0 aliphatic carbocycles. The largest absolute Gasteiger partial charge is 0.493 e. The van der Waals surface area contributed by atoms with Crippen LogP contribution in [0.1, 0.15) is 30.4 Å². The van der Waals surface area contributed by atoms with Gasteiger partial charge >= 0.3 is 0 Å². The summed E-state index contributed by atoms with van der Waals surface area (Å²) in [6.07, 6.45) is 8.39. The predicted octanol–water partition coefficient (Wildman–Crippen LogP) is 3.29. The third kappa shape index (κ3) is 5.07. The van der Waals surface area contributed by atoms with Gasteiger partial charge in [0.15, 0.2) is 0 Å². The van der Waals surface area contributed by atoms with E-state index in [1.165, 1.54) is 36.1 Å². The molecule has 0 fully saturated rings. The molecule has 19 heavy (non-hydrogen) atoms. The van der Waals surface area contributed by atoms with Gasteiger partial charge in [0.05, 0.1) is 6.61 Å². The first-order valence-electron chi connectivity index (χ1n) is 7.34. The van der Waals surface area contributed by atoms with Crippen LogP contribution in [0.4, 0.5) is 0 Å². The van der Waals surface area contributed by atoms with Gasteiger partial charge in [0, 0.05) is 6.42 Å². The summed E-state index contributed by atoms with van der Waals surface area (Å²) in [4.78, 5) is 0. The van der Waals surface area contributed by atoms with Crippen molar-refractivity contribution in [3.63, 3.8) is 0 Å². The Morgan fingerprint density at radius 3 is 3.05 bits per heavy atom. The Labute approximate surface area is 121 Å². The van der Waals surface area contributed by atoms with Gasteiger partial charge in [-0.05, 0) is 61.6 Å². The zero-order valence-electron chi connectivity index (χ0n) is 11.9. The van der Waals surface area contributed by atoms with E-state index in [-0.39, 0.29) is 0 Å². The molecule has 3 heteroatoms. The van der Waals surface area contributed by atoms with Crippen molar-refractivity contribution in [2.45, 2.75) is 32.1 Å². The van der Waals surface area contributed by atoms with Crippen molar-refractivity contribution in [2.24, 2.45) is 0 Å². The third-order valence-electron chi connectivity index (χ3n) is 3.55. The van der Waals surface area contributed by atoms with Gasteiger partial charge in [0.1, 0.15) is 5.75 Å². The number of hydrogen-bond acceptors (Lipinski definition) is 3. The lowest BCUT2D eigenvalue weighted by molar-refractivity contribution is 0.357. The average molecular weight is 279 g/mol. The predicted molar refractivity (Wildman–Crippen MR) is 84.4 cm³/mol. The van der Waals surface area contributed by atoms with Crippen molar-refractivity contribution in [3.05, 3.63) is 29.3 Å². The minimum absolute atomic E-state index is 0.854. The van der Waals surface area contributed by atoms with Gasteiger partial charge in [-0.1, -0.05) is 18.6 Å². The molecule has 2 rings (SSSR count). The number of fused-ring (bicyclic) bond motifs is 1. The van der Waals surface area contributed by atoms with Crippen LogP contribution in [0.25, 0.3) is 0 Å². The molecule has 2 nitrogen and oxygen atoms in total. The minimum atomic E-state index is 0.854. The van der Waals surface area contributed by atoms with E-state index in [0.717, 1.165) is 38.3 Å². The summed E-state index contributed by atoms with van der Waals surface area (Å²) in [5.41, 5.74) is 2.81. The molecule has 1 N–H and O–H groups in total. The lowest BCUT2D eigenvalue weighted by Gasteiger charge is -2.06. The second kappa shape index (κ2) is 8.49. The van der Waals surface area contributed by atoms with Crippen LogP contribution in [0.5, 0.6) is 5.75 Å². The average Bonchev–Trinajstić information content (AvgIpc) is 2.89. The van der Waals surface area contributed by atoms with E-state index in [4.69, 9.17) is 4.74 Å². The van der Waals surface area contributed by atoms with Gasteiger partial charge in [-0.2, -0.15) is 11.8 Å². The fourth-order valence-electron chi connectivity index (χ4n) is 2.43. The van der Waals surface area contributed by atoms with E-state index in [9.17, 15) is 0 Å². The van der Waals surface area contributed by atoms with Crippen LogP contribution < -0.4 is 10.1 Å². The number of ether oxygens (including phenoxy) is 1. The van der Waals surface area contributed by atoms with E-state index in [2.05, 4.69) is 29.8 Å². The van der Waals surface area contributed by atoms with Crippen molar-refractivity contribution in [2.75, 3.05) is 31.7 Å². The normalized spacial score (nSPS) is 13.3. The number of rotatable bonds is 9. The van der Waals surface area contributed by atoms with Crippen LogP contribution in [-0.2, 0) is 12.8 Å². The van der Waals surface area contributed by atoms with Crippen molar-refractivity contribution in [1.82, 2.24) is 5.32 Å². The summed E-state index contributed by atoms with van der Waals surface area (Å²) in [5, 5.41) is 3.54. The van der Waals surface area contributed by atoms with Gasteiger partial charge in [-0.25, -0.2) is 0 Å². The second-order valence-corrected chi connectivity index (χ2v) is 6.08. The standard InChI is InChI=1S/C16H25NOS/c1-19-12-4-2-3-9-17-10-7-14-5-6-16-15(13-14)8-11-18-16/h5-6,13,17H,2-4,7-12H2,1H3. The molecule has 0 saturated carbocycles. The second-order valence-electron chi connectivity index (χ2n) is 5.09. The molecule has 0 radical (unpaired) electrons. The van der Waals surface area contributed by atoms with Gasteiger partial charge in [-0.3, -0.25) is 0 Å². The lowest BCUT2D eigenvalue weighted by Crippen LogP contribution is -2.18. The molecule has 0 bridgehead atoms. The molecule has 0 unspecified atom stereocenters. The monoisotopic (exact) mass is 279 g/mol. The molecule has 1 aromatic carbocycles. The highest BCUT2D eigenvalue weighted by Gasteiger charge is 2.11. The van der Waals surface area contributed by atoms with E-state index in [0.29, 0.717) is 0 Å². The van der Waals surface area contributed by atoms with Crippen molar-refractivity contribution in [1.29, 1.82) is 0 Å². The SMILES string of the molecule is CSCCCCCNCCc1ccc2c(c1)CCO2. The van der Waals surface area contributed by atoms with Crippen molar-refractivity contribution >= 4 is 11.8 Å². The summed E-state index contributed by atoms with van der Waals surface area (Å²) in [5.74, 6) is 2.39. The summed E-state index contributed by atoms with van der Waals surface area (Å²) in [7, 11) is 0. The van der Waals surface area contributed by atoms with Gasteiger partial charge < -0.3 is 10.1 Å². The van der Waals surface area contributed by atoms with Gasteiger partial charge in [0.2, 0.25) is 0 Å². The zero-order chi connectivity index (χ0) is 13.3. The fraction of sp³-hybridized carbons (Fsp3) is 0.625. The smallest absolute Gasteiger partial charge is 0.122 e. The number of thioether (sulfide) groups is 1. The highest BCUT2D eigenvalue weighted by Crippen LogP contribution is 2.25. The summed E-state index contributed by atoms with van der Waals surface area (Å²) < 4.78 is 5.53. The van der Waals surface area contributed by atoms with Crippen molar-refractivity contribution < 1.29 is 4.74 Å².